The van der Waals surface area contributed by atoms with Crippen molar-refractivity contribution in [2.75, 3.05) is 38.7 Å². The molecular formula is C17H22N2O5. The van der Waals surface area contributed by atoms with Gasteiger partial charge in [0, 0.05) is 25.9 Å². The second-order valence-electron chi connectivity index (χ2n) is 5.91. The van der Waals surface area contributed by atoms with E-state index in [-0.39, 0.29) is 18.2 Å². The topological polar surface area (TPSA) is 77.1 Å². The third kappa shape index (κ3) is 3.68. The van der Waals surface area contributed by atoms with Gasteiger partial charge in [0.05, 0.1) is 26.0 Å². The highest BCUT2D eigenvalue weighted by molar-refractivity contribution is 6.04. The number of para-hydroxylation sites is 2. The first kappa shape index (κ1) is 16.7. The molecule has 0 radical (unpaired) electrons. The average molecular weight is 334 g/mol. The van der Waals surface area contributed by atoms with E-state index >= 15 is 0 Å². The standard InChI is InChI=1S/C17H22N2O5/c1-22-14-5-3-2-4-13(14)18-15(20)12-16(21)19-8-6-17(7-9-19)23-10-11-24-17/h2-5H,6-12H2,1H3,(H,18,20). The van der Waals surface area contributed by atoms with E-state index in [1.807, 2.05) is 6.07 Å². The van der Waals surface area contributed by atoms with Crippen LogP contribution in [-0.2, 0) is 19.1 Å². The SMILES string of the molecule is COc1ccccc1NC(=O)CC(=O)N1CCC2(CC1)OCCO2. The van der Waals surface area contributed by atoms with Crippen LogP contribution in [0.4, 0.5) is 5.69 Å². The van der Waals surface area contributed by atoms with Crippen LogP contribution in [-0.4, -0.2) is 55.9 Å². The first-order valence-corrected chi connectivity index (χ1v) is 8.10. The Kier molecular flexibility index (Phi) is 5.01. The lowest BCUT2D eigenvalue weighted by Gasteiger charge is -2.37. The summed E-state index contributed by atoms with van der Waals surface area (Å²) in [6, 6.07) is 7.10. The third-order valence-corrected chi connectivity index (χ3v) is 4.38. The Morgan fingerprint density at radius 1 is 1.21 bits per heavy atom. The Hall–Kier alpha value is -2.12. The van der Waals surface area contributed by atoms with E-state index in [1.54, 1.807) is 23.1 Å². The summed E-state index contributed by atoms with van der Waals surface area (Å²) < 4.78 is 16.5. The number of benzene rings is 1. The molecule has 2 aliphatic rings. The van der Waals surface area contributed by atoms with Crippen molar-refractivity contribution in [3.05, 3.63) is 24.3 Å². The van der Waals surface area contributed by atoms with Crippen LogP contribution < -0.4 is 10.1 Å². The lowest BCUT2D eigenvalue weighted by atomic mass is 10.0. The molecule has 2 saturated heterocycles. The van der Waals surface area contributed by atoms with E-state index < -0.39 is 5.79 Å². The van der Waals surface area contributed by atoms with E-state index in [4.69, 9.17) is 14.2 Å². The molecule has 2 amide bonds. The monoisotopic (exact) mass is 334 g/mol. The van der Waals surface area contributed by atoms with Crippen molar-refractivity contribution in [1.82, 2.24) is 4.90 Å². The second kappa shape index (κ2) is 7.19. The summed E-state index contributed by atoms with van der Waals surface area (Å²) in [4.78, 5) is 26.1. The number of anilines is 1. The normalized spacial score (nSPS) is 19.3. The Morgan fingerprint density at radius 2 is 1.88 bits per heavy atom. The maximum atomic E-state index is 12.3. The molecule has 0 unspecified atom stereocenters. The molecule has 0 atom stereocenters. The zero-order valence-electron chi connectivity index (χ0n) is 13.7. The molecule has 1 aromatic carbocycles. The summed E-state index contributed by atoms with van der Waals surface area (Å²) >= 11 is 0. The molecule has 0 bridgehead atoms. The molecular weight excluding hydrogens is 312 g/mol. The predicted octanol–water partition coefficient (Wildman–Crippen LogP) is 1.39. The van der Waals surface area contributed by atoms with Gasteiger partial charge in [0.25, 0.3) is 0 Å². The van der Waals surface area contributed by atoms with Gasteiger partial charge in [0.1, 0.15) is 12.2 Å². The molecule has 130 valence electrons. The minimum atomic E-state index is -0.517. The quantitative estimate of drug-likeness (QED) is 0.842. The van der Waals surface area contributed by atoms with Crippen LogP contribution in [0.5, 0.6) is 5.75 Å². The number of likely N-dealkylation sites (tertiary alicyclic amines) is 1. The molecule has 1 N–H and O–H groups in total. The highest BCUT2D eigenvalue weighted by Gasteiger charge is 2.40. The van der Waals surface area contributed by atoms with Gasteiger partial charge in [-0.15, -0.1) is 0 Å². The molecule has 7 nitrogen and oxygen atoms in total. The molecule has 3 rings (SSSR count). The van der Waals surface area contributed by atoms with Gasteiger partial charge in [-0.05, 0) is 12.1 Å². The molecule has 0 saturated carbocycles. The Labute approximate surface area is 140 Å². The number of nitrogens with one attached hydrogen (secondary N) is 1. The first-order chi connectivity index (χ1) is 11.6. The van der Waals surface area contributed by atoms with Gasteiger partial charge in [-0.2, -0.15) is 0 Å². The van der Waals surface area contributed by atoms with Gasteiger partial charge < -0.3 is 24.4 Å². The molecule has 7 heteroatoms. The minimum Gasteiger partial charge on any atom is -0.495 e. The average Bonchev–Trinajstić information content (AvgIpc) is 3.04. The number of amides is 2. The molecule has 1 aromatic rings. The maximum Gasteiger partial charge on any atom is 0.233 e. The summed E-state index contributed by atoms with van der Waals surface area (Å²) in [5.41, 5.74) is 0.558. The van der Waals surface area contributed by atoms with E-state index in [2.05, 4.69) is 5.32 Å². The predicted molar refractivity (Wildman–Crippen MR) is 86.7 cm³/mol. The van der Waals surface area contributed by atoms with Crippen molar-refractivity contribution >= 4 is 17.5 Å². The largest absolute Gasteiger partial charge is 0.495 e. The third-order valence-electron chi connectivity index (χ3n) is 4.38. The number of ether oxygens (including phenoxy) is 3. The van der Waals surface area contributed by atoms with Gasteiger partial charge in [-0.3, -0.25) is 9.59 Å². The van der Waals surface area contributed by atoms with Gasteiger partial charge in [-0.25, -0.2) is 0 Å². The summed E-state index contributed by atoms with van der Waals surface area (Å²) in [7, 11) is 1.53. The number of carbonyl (C=O) groups excluding carboxylic acids is 2. The Morgan fingerprint density at radius 3 is 2.54 bits per heavy atom. The van der Waals surface area contributed by atoms with Crippen molar-refractivity contribution in [2.45, 2.75) is 25.0 Å². The number of carbonyl (C=O) groups is 2. The summed E-state index contributed by atoms with van der Waals surface area (Å²) in [6.07, 6.45) is 1.10. The lowest BCUT2D eigenvalue weighted by molar-refractivity contribution is -0.187. The fourth-order valence-electron chi connectivity index (χ4n) is 3.07. The molecule has 0 aromatic heterocycles. The second-order valence-corrected chi connectivity index (χ2v) is 5.91. The lowest BCUT2D eigenvalue weighted by Crippen LogP contribution is -2.47. The van der Waals surface area contributed by atoms with Gasteiger partial charge >= 0.3 is 0 Å². The molecule has 0 aliphatic carbocycles. The fourth-order valence-corrected chi connectivity index (χ4v) is 3.07. The molecule has 1 spiro atoms. The smallest absolute Gasteiger partial charge is 0.233 e. The van der Waals surface area contributed by atoms with Crippen LogP contribution >= 0.6 is 0 Å². The van der Waals surface area contributed by atoms with Crippen LogP contribution in [0.25, 0.3) is 0 Å². The van der Waals surface area contributed by atoms with Crippen molar-refractivity contribution in [2.24, 2.45) is 0 Å². The summed E-state index contributed by atoms with van der Waals surface area (Å²) in [6.45, 7) is 2.30. The van der Waals surface area contributed by atoms with Crippen LogP contribution in [0.2, 0.25) is 0 Å². The number of nitrogens with zero attached hydrogens (tertiary/aromatic N) is 1. The number of hydrogen-bond donors (Lipinski definition) is 1. The number of rotatable bonds is 4. The van der Waals surface area contributed by atoms with Crippen LogP contribution in [0.3, 0.4) is 0 Å². The highest BCUT2D eigenvalue weighted by atomic mass is 16.7. The van der Waals surface area contributed by atoms with Crippen LogP contribution in [0.1, 0.15) is 19.3 Å². The van der Waals surface area contributed by atoms with Crippen LogP contribution in [0, 0.1) is 0 Å². The fraction of sp³-hybridized carbons (Fsp3) is 0.529. The van der Waals surface area contributed by atoms with Crippen molar-refractivity contribution < 1.29 is 23.8 Å². The zero-order chi connectivity index (χ0) is 17.0. The van der Waals surface area contributed by atoms with E-state index in [9.17, 15) is 9.59 Å². The van der Waals surface area contributed by atoms with E-state index in [0.717, 1.165) is 0 Å². The van der Waals surface area contributed by atoms with Gasteiger partial charge in [0.2, 0.25) is 11.8 Å². The molecule has 24 heavy (non-hydrogen) atoms. The first-order valence-electron chi connectivity index (χ1n) is 8.10. The molecule has 2 heterocycles. The highest BCUT2D eigenvalue weighted by Crippen LogP contribution is 2.31. The zero-order valence-corrected chi connectivity index (χ0v) is 13.7. The van der Waals surface area contributed by atoms with Crippen molar-refractivity contribution in [3.8, 4) is 5.75 Å². The summed E-state index contributed by atoms with van der Waals surface area (Å²) in [5, 5.41) is 2.72. The minimum absolute atomic E-state index is 0.185. The summed E-state index contributed by atoms with van der Waals surface area (Å²) in [5.74, 6) is -0.488. The number of piperidine rings is 1. The molecule has 2 fully saturated rings. The Balaban J connectivity index is 1.50. The van der Waals surface area contributed by atoms with Crippen molar-refractivity contribution in [3.63, 3.8) is 0 Å². The Bertz CT molecular complexity index is 603. The molecule has 2 aliphatic heterocycles. The van der Waals surface area contributed by atoms with E-state index in [0.29, 0.717) is 50.6 Å². The van der Waals surface area contributed by atoms with Gasteiger partial charge in [-0.1, -0.05) is 12.1 Å². The van der Waals surface area contributed by atoms with Crippen molar-refractivity contribution in [1.29, 1.82) is 0 Å². The van der Waals surface area contributed by atoms with Crippen LogP contribution in [0.15, 0.2) is 24.3 Å². The number of hydrogen-bond acceptors (Lipinski definition) is 5. The van der Waals surface area contributed by atoms with Gasteiger partial charge in [0.15, 0.2) is 5.79 Å². The maximum absolute atomic E-state index is 12.3. The van der Waals surface area contributed by atoms with E-state index in [1.165, 1.54) is 7.11 Å². The number of methoxy groups -OCH3 is 1.